The Hall–Kier alpha value is -2.16. The van der Waals surface area contributed by atoms with Crippen LogP contribution in [0, 0.1) is 11.8 Å². The molecule has 0 aliphatic carbocycles. The number of hydrogen-bond acceptors (Lipinski definition) is 4. The predicted octanol–water partition coefficient (Wildman–Crippen LogP) is 1.46. The molecular weight excluding hydrogens is 272 g/mol. The fraction of sp³-hybridized carbons (Fsp3) is 0.200. The Morgan fingerprint density at radius 2 is 2.20 bits per heavy atom. The van der Waals surface area contributed by atoms with E-state index in [4.69, 9.17) is 5.11 Å². The molecule has 0 unspecified atom stereocenters. The van der Waals surface area contributed by atoms with E-state index in [-0.39, 0.29) is 12.5 Å². The number of aliphatic hydroxyl groups is 1. The van der Waals surface area contributed by atoms with E-state index >= 15 is 0 Å². The first-order chi connectivity index (χ1) is 9.79. The number of nitrogens with one attached hydrogen (secondary N) is 1. The van der Waals surface area contributed by atoms with Gasteiger partial charge in [-0.15, -0.1) is 11.3 Å². The van der Waals surface area contributed by atoms with Crippen LogP contribution in [0.25, 0.3) is 0 Å². The number of thiophene rings is 1. The van der Waals surface area contributed by atoms with Crippen LogP contribution in [0.15, 0.2) is 36.0 Å². The van der Waals surface area contributed by atoms with E-state index in [1.165, 1.54) is 11.3 Å². The summed E-state index contributed by atoms with van der Waals surface area (Å²) in [5.41, 5.74) is 1.74. The quantitative estimate of drug-likeness (QED) is 0.837. The molecule has 0 aliphatic rings. The number of aliphatic hydroxyl groups excluding tert-OH is 1. The Labute approximate surface area is 121 Å². The average molecular weight is 286 g/mol. The highest BCUT2D eigenvalue weighted by Gasteiger charge is 2.07. The SMILES string of the molecule is O=C(NCCc1ccncc1)c1csc(C#CCO)c1. The van der Waals surface area contributed by atoms with Crippen molar-refractivity contribution in [2.75, 3.05) is 13.2 Å². The lowest BCUT2D eigenvalue weighted by molar-refractivity contribution is 0.0954. The molecule has 0 aromatic carbocycles. The average Bonchev–Trinajstić information content (AvgIpc) is 2.95. The molecule has 0 radical (unpaired) electrons. The number of carbonyl (C=O) groups excluding carboxylic acids is 1. The van der Waals surface area contributed by atoms with Gasteiger partial charge < -0.3 is 10.4 Å². The third-order valence-electron chi connectivity index (χ3n) is 2.60. The van der Waals surface area contributed by atoms with Gasteiger partial charge in [0.05, 0.1) is 10.4 Å². The topological polar surface area (TPSA) is 62.2 Å². The molecule has 0 bridgehead atoms. The minimum Gasteiger partial charge on any atom is -0.384 e. The minimum absolute atomic E-state index is 0.104. The second-order valence-corrected chi connectivity index (χ2v) is 4.93. The van der Waals surface area contributed by atoms with Crippen LogP contribution in [0.1, 0.15) is 20.8 Å². The van der Waals surface area contributed by atoms with Gasteiger partial charge in [-0.2, -0.15) is 0 Å². The standard InChI is InChI=1S/C15H14N2O2S/c18-9-1-2-14-10-13(11-20-14)15(19)17-8-5-12-3-6-16-7-4-12/h3-4,6-7,10-11,18H,5,8-9H2,(H,17,19). The molecule has 2 rings (SSSR count). The van der Waals surface area contributed by atoms with Crippen molar-refractivity contribution in [3.63, 3.8) is 0 Å². The number of hydrogen-bond donors (Lipinski definition) is 2. The maximum atomic E-state index is 11.9. The normalized spacial score (nSPS) is 9.65. The Morgan fingerprint density at radius 1 is 1.40 bits per heavy atom. The maximum Gasteiger partial charge on any atom is 0.252 e. The molecule has 0 spiro atoms. The predicted molar refractivity (Wildman–Crippen MR) is 78.6 cm³/mol. The highest BCUT2D eigenvalue weighted by Crippen LogP contribution is 2.13. The highest BCUT2D eigenvalue weighted by molar-refractivity contribution is 7.10. The van der Waals surface area contributed by atoms with Crippen molar-refractivity contribution in [1.82, 2.24) is 10.3 Å². The zero-order valence-corrected chi connectivity index (χ0v) is 11.6. The molecule has 0 fully saturated rings. The molecule has 1 amide bonds. The van der Waals surface area contributed by atoms with Gasteiger partial charge >= 0.3 is 0 Å². The first kappa shape index (κ1) is 14.3. The Bertz CT molecular complexity index is 626. The molecule has 2 N–H and O–H groups in total. The molecule has 5 heteroatoms. The Balaban J connectivity index is 1.84. The summed E-state index contributed by atoms with van der Waals surface area (Å²) in [5, 5.41) is 13.2. The number of pyridine rings is 1. The fourth-order valence-electron chi connectivity index (χ4n) is 1.62. The maximum absolute atomic E-state index is 11.9. The lowest BCUT2D eigenvalue weighted by atomic mass is 10.2. The first-order valence-corrected chi connectivity index (χ1v) is 7.03. The highest BCUT2D eigenvalue weighted by atomic mass is 32.1. The Kier molecular flexibility index (Phi) is 5.30. The van der Waals surface area contributed by atoms with Gasteiger partial charge in [0.2, 0.25) is 0 Å². The van der Waals surface area contributed by atoms with Gasteiger partial charge in [-0.05, 0) is 30.2 Å². The number of nitrogens with zero attached hydrogens (tertiary/aromatic N) is 1. The third-order valence-corrected chi connectivity index (χ3v) is 3.45. The molecule has 20 heavy (non-hydrogen) atoms. The van der Waals surface area contributed by atoms with E-state index in [1.54, 1.807) is 23.8 Å². The molecule has 2 aromatic heterocycles. The van der Waals surface area contributed by atoms with E-state index in [0.717, 1.165) is 16.9 Å². The minimum atomic E-state index is -0.175. The summed E-state index contributed by atoms with van der Waals surface area (Å²) in [5.74, 6) is 5.24. The van der Waals surface area contributed by atoms with Gasteiger partial charge in [0.25, 0.3) is 5.91 Å². The zero-order chi connectivity index (χ0) is 14.2. The molecule has 0 saturated carbocycles. The van der Waals surface area contributed by atoms with Crippen molar-refractivity contribution < 1.29 is 9.90 Å². The number of rotatable bonds is 4. The molecule has 2 aromatic rings. The summed E-state index contributed by atoms with van der Waals surface area (Å²) >= 11 is 1.39. The van der Waals surface area contributed by atoms with E-state index in [2.05, 4.69) is 22.1 Å². The zero-order valence-electron chi connectivity index (χ0n) is 10.8. The third kappa shape index (κ3) is 4.19. The second kappa shape index (κ2) is 7.43. The van der Waals surface area contributed by atoms with Gasteiger partial charge in [0, 0.05) is 24.3 Å². The molecule has 0 saturated heterocycles. The van der Waals surface area contributed by atoms with Crippen LogP contribution in [0.4, 0.5) is 0 Å². The molecule has 102 valence electrons. The lowest BCUT2D eigenvalue weighted by Gasteiger charge is -2.03. The van der Waals surface area contributed by atoms with E-state index in [0.29, 0.717) is 12.1 Å². The summed E-state index contributed by atoms with van der Waals surface area (Å²) in [4.78, 5) is 16.6. The van der Waals surface area contributed by atoms with Gasteiger partial charge in [-0.1, -0.05) is 11.8 Å². The van der Waals surface area contributed by atoms with Crippen molar-refractivity contribution in [3.8, 4) is 11.8 Å². The Morgan fingerprint density at radius 3 is 2.95 bits per heavy atom. The number of amides is 1. The van der Waals surface area contributed by atoms with Crippen molar-refractivity contribution in [1.29, 1.82) is 0 Å². The summed E-state index contributed by atoms with van der Waals surface area (Å²) in [7, 11) is 0. The number of aromatic nitrogens is 1. The smallest absolute Gasteiger partial charge is 0.252 e. The van der Waals surface area contributed by atoms with Crippen LogP contribution in [0.2, 0.25) is 0 Å². The van der Waals surface area contributed by atoms with Gasteiger partial charge in [0.1, 0.15) is 6.61 Å². The fourth-order valence-corrected chi connectivity index (χ4v) is 2.37. The van der Waals surface area contributed by atoms with Crippen LogP contribution in [-0.2, 0) is 6.42 Å². The molecule has 2 heterocycles. The number of carbonyl (C=O) groups is 1. The van der Waals surface area contributed by atoms with Gasteiger partial charge in [-0.25, -0.2) is 0 Å². The van der Waals surface area contributed by atoms with E-state index in [1.807, 2.05) is 12.1 Å². The van der Waals surface area contributed by atoms with Gasteiger partial charge in [0.15, 0.2) is 0 Å². The molecular formula is C15H14N2O2S. The molecule has 0 atom stereocenters. The first-order valence-electron chi connectivity index (χ1n) is 6.15. The largest absolute Gasteiger partial charge is 0.384 e. The van der Waals surface area contributed by atoms with Crippen LogP contribution in [0.3, 0.4) is 0 Å². The van der Waals surface area contributed by atoms with Crippen LogP contribution >= 0.6 is 11.3 Å². The van der Waals surface area contributed by atoms with Crippen molar-refractivity contribution in [2.24, 2.45) is 0 Å². The van der Waals surface area contributed by atoms with Crippen molar-refractivity contribution >= 4 is 17.2 Å². The van der Waals surface area contributed by atoms with Crippen molar-refractivity contribution in [3.05, 3.63) is 52.0 Å². The summed E-state index contributed by atoms with van der Waals surface area (Å²) < 4.78 is 0. The lowest BCUT2D eigenvalue weighted by Crippen LogP contribution is -2.25. The van der Waals surface area contributed by atoms with Crippen LogP contribution in [0.5, 0.6) is 0 Å². The molecule has 0 aliphatic heterocycles. The summed E-state index contributed by atoms with van der Waals surface area (Å²) in [6.45, 7) is 0.404. The monoisotopic (exact) mass is 286 g/mol. The molecule has 4 nitrogen and oxygen atoms in total. The summed E-state index contributed by atoms with van der Waals surface area (Å²) in [6, 6.07) is 5.59. The van der Waals surface area contributed by atoms with E-state index in [9.17, 15) is 4.79 Å². The van der Waals surface area contributed by atoms with Gasteiger partial charge in [-0.3, -0.25) is 9.78 Å². The van der Waals surface area contributed by atoms with E-state index < -0.39 is 0 Å². The van der Waals surface area contributed by atoms with Crippen molar-refractivity contribution in [2.45, 2.75) is 6.42 Å². The summed E-state index contributed by atoms with van der Waals surface area (Å²) in [6.07, 6.45) is 4.25. The van der Waals surface area contributed by atoms with Crippen LogP contribution in [-0.4, -0.2) is 29.1 Å². The van der Waals surface area contributed by atoms with Crippen LogP contribution < -0.4 is 5.32 Å². The second-order valence-electron chi connectivity index (χ2n) is 4.02.